The van der Waals surface area contributed by atoms with Gasteiger partial charge >= 0.3 is 0 Å². The van der Waals surface area contributed by atoms with Gasteiger partial charge in [0.15, 0.2) is 0 Å². The Morgan fingerprint density at radius 3 is 2.38 bits per heavy atom. The van der Waals surface area contributed by atoms with Gasteiger partial charge in [-0.1, -0.05) is 42.5 Å². The molecule has 0 amide bonds. The first-order valence-electron chi connectivity index (χ1n) is 9.84. The lowest BCUT2D eigenvalue weighted by Gasteiger charge is -2.33. The topological polar surface area (TPSA) is 62.0 Å². The van der Waals surface area contributed by atoms with Crippen LogP contribution in [0.1, 0.15) is 18.1 Å². The second-order valence-electron chi connectivity index (χ2n) is 7.36. The van der Waals surface area contributed by atoms with E-state index in [0.29, 0.717) is 0 Å². The van der Waals surface area contributed by atoms with Crippen LogP contribution in [0.3, 0.4) is 0 Å². The number of hydrogen-bond acceptors (Lipinski definition) is 5. The molecular formula is C23H24N4O2. The van der Waals surface area contributed by atoms with Crippen LogP contribution in [0.5, 0.6) is 0 Å². The first-order chi connectivity index (χ1) is 14.1. The zero-order chi connectivity index (χ0) is 20.2. The Balaban J connectivity index is 1.37. The molecule has 0 bridgehead atoms. The minimum absolute atomic E-state index is 0.101. The SMILES string of the molecule is C/C(=N/N1CCN(Cc2cccc3ccccc23)CC1)c1ccc([N+](=O)[O-])cc1. The van der Waals surface area contributed by atoms with Gasteiger partial charge in [-0.2, -0.15) is 5.10 Å². The zero-order valence-electron chi connectivity index (χ0n) is 16.5. The van der Waals surface area contributed by atoms with E-state index in [2.05, 4.69) is 52.4 Å². The summed E-state index contributed by atoms with van der Waals surface area (Å²) in [7, 11) is 0. The molecule has 1 aliphatic heterocycles. The minimum Gasteiger partial charge on any atom is -0.295 e. The maximum Gasteiger partial charge on any atom is 0.269 e. The van der Waals surface area contributed by atoms with Crippen LogP contribution in [0.2, 0.25) is 0 Å². The number of hydrogen-bond donors (Lipinski definition) is 0. The van der Waals surface area contributed by atoms with E-state index in [1.807, 2.05) is 6.92 Å². The van der Waals surface area contributed by atoms with Crippen LogP contribution in [-0.4, -0.2) is 46.7 Å². The first-order valence-corrected chi connectivity index (χ1v) is 9.84. The molecule has 0 saturated carbocycles. The van der Waals surface area contributed by atoms with Crippen molar-refractivity contribution in [1.29, 1.82) is 0 Å². The molecule has 148 valence electrons. The van der Waals surface area contributed by atoms with Crippen molar-refractivity contribution in [2.75, 3.05) is 26.2 Å². The van der Waals surface area contributed by atoms with E-state index < -0.39 is 0 Å². The summed E-state index contributed by atoms with van der Waals surface area (Å²) in [6, 6.07) is 21.6. The van der Waals surface area contributed by atoms with Crippen molar-refractivity contribution in [3.63, 3.8) is 0 Å². The van der Waals surface area contributed by atoms with Gasteiger partial charge < -0.3 is 0 Å². The molecule has 0 spiro atoms. The summed E-state index contributed by atoms with van der Waals surface area (Å²) in [5, 5.41) is 20.2. The molecule has 1 fully saturated rings. The maximum atomic E-state index is 10.8. The fourth-order valence-electron chi connectivity index (χ4n) is 3.76. The van der Waals surface area contributed by atoms with Gasteiger partial charge in [-0.3, -0.25) is 20.0 Å². The molecule has 6 nitrogen and oxygen atoms in total. The number of nitrogens with zero attached hydrogens (tertiary/aromatic N) is 4. The highest BCUT2D eigenvalue weighted by atomic mass is 16.6. The lowest BCUT2D eigenvalue weighted by Crippen LogP contribution is -2.43. The van der Waals surface area contributed by atoms with Crippen molar-refractivity contribution in [2.45, 2.75) is 13.5 Å². The van der Waals surface area contributed by atoms with Gasteiger partial charge in [0.25, 0.3) is 5.69 Å². The summed E-state index contributed by atoms with van der Waals surface area (Å²) in [5.74, 6) is 0. The summed E-state index contributed by atoms with van der Waals surface area (Å²) >= 11 is 0. The Kier molecular flexibility index (Phi) is 5.53. The van der Waals surface area contributed by atoms with Crippen molar-refractivity contribution in [2.24, 2.45) is 5.10 Å². The lowest BCUT2D eigenvalue weighted by molar-refractivity contribution is -0.384. The van der Waals surface area contributed by atoms with Gasteiger partial charge in [-0.25, -0.2) is 0 Å². The van der Waals surface area contributed by atoms with E-state index >= 15 is 0 Å². The predicted molar refractivity (Wildman–Crippen MR) is 116 cm³/mol. The number of nitro groups is 1. The van der Waals surface area contributed by atoms with Gasteiger partial charge in [-0.15, -0.1) is 0 Å². The Morgan fingerprint density at radius 1 is 0.966 bits per heavy atom. The molecule has 0 aromatic heterocycles. The molecular weight excluding hydrogens is 364 g/mol. The van der Waals surface area contributed by atoms with Gasteiger partial charge in [0.1, 0.15) is 0 Å². The molecule has 0 aliphatic carbocycles. The Bertz CT molecular complexity index is 1030. The number of nitro benzene ring substituents is 1. The molecule has 3 aromatic carbocycles. The summed E-state index contributed by atoms with van der Waals surface area (Å²) in [6.07, 6.45) is 0. The third kappa shape index (κ3) is 4.43. The van der Waals surface area contributed by atoms with Crippen LogP contribution in [0.25, 0.3) is 10.8 Å². The molecule has 1 heterocycles. The van der Waals surface area contributed by atoms with E-state index in [0.717, 1.165) is 44.0 Å². The van der Waals surface area contributed by atoms with Crippen LogP contribution in [0.4, 0.5) is 5.69 Å². The van der Waals surface area contributed by atoms with E-state index in [4.69, 9.17) is 5.10 Å². The van der Waals surface area contributed by atoms with Crippen molar-refractivity contribution in [3.05, 3.63) is 88.0 Å². The number of fused-ring (bicyclic) bond motifs is 1. The Hall–Kier alpha value is -3.25. The summed E-state index contributed by atoms with van der Waals surface area (Å²) in [4.78, 5) is 12.9. The third-order valence-electron chi connectivity index (χ3n) is 5.41. The Morgan fingerprint density at radius 2 is 1.66 bits per heavy atom. The summed E-state index contributed by atoms with van der Waals surface area (Å²) in [5.41, 5.74) is 3.25. The molecule has 0 N–H and O–H groups in total. The van der Waals surface area contributed by atoms with Crippen molar-refractivity contribution in [3.8, 4) is 0 Å². The Labute approximate surface area is 170 Å². The molecule has 3 aromatic rings. The van der Waals surface area contributed by atoms with Crippen LogP contribution < -0.4 is 0 Å². The third-order valence-corrected chi connectivity index (χ3v) is 5.41. The average Bonchev–Trinajstić information content (AvgIpc) is 2.75. The number of benzene rings is 3. The van der Waals surface area contributed by atoms with Gasteiger partial charge in [0, 0.05) is 44.9 Å². The van der Waals surface area contributed by atoms with Gasteiger partial charge in [0.2, 0.25) is 0 Å². The van der Waals surface area contributed by atoms with E-state index in [1.165, 1.54) is 28.5 Å². The number of piperazine rings is 1. The molecule has 1 aliphatic rings. The standard InChI is InChI=1S/C23H24N4O2/c1-18(19-9-11-22(12-10-19)27(28)29)24-26-15-13-25(14-16-26)17-21-7-4-6-20-5-2-3-8-23(20)21/h2-12H,13-17H2,1H3/b24-18-. The smallest absolute Gasteiger partial charge is 0.269 e. The molecule has 29 heavy (non-hydrogen) atoms. The van der Waals surface area contributed by atoms with Crippen molar-refractivity contribution in [1.82, 2.24) is 9.91 Å². The van der Waals surface area contributed by atoms with Crippen LogP contribution in [0.15, 0.2) is 71.8 Å². The lowest BCUT2D eigenvalue weighted by atomic mass is 10.0. The number of rotatable bonds is 5. The molecule has 0 atom stereocenters. The fraction of sp³-hybridized carbons (Fsp3) is 0.261. The summed E-state index contributed by atoms with van der Waals surface area (Å²) < 4.78 is 0. The van der Waals surface area contributed by atoms with Gasteiger partial charge in [0.05, 0.1) is 10.6 Å². The minimum atomic E-state index is -0.384. The highest BCUT2D eigenvalue weighted by Gasteiger charge is 2.17. The van der Waals surface area contributed by atoms with Crippen LogP contribution in [-0.2, 0) is 6.54 Å². The van der Waals surface area contributed by atoms with Crippen molar-refractivity contribution >= 4 is 22.2 Å². The number of hydrazone groups is 1. The normalized spacial score (nSPS) is 15.6. The van der Waals surface area contributed by atoms with E-state index in [9.17, 15) is 10.1 Å². The predicted octanol–water partition coefficient (Wildman–Crippen LogP) is 4.29. The van der Waals surface area contributed by atoms with Gasteiger partial charge in [-0.05, 0) is 41.0 Å². The van der Waals surface area contributed by atoms with Crippen LogP contribution >= 0.6 is 0 Å². The van der Waals surface area contributed by atoms with E-state index in [1.54, 1.807) is 12.1 Å². The largest absolute Gasteiger partial charge is 0.295 e. The highest BCUT2D eigenvalue weighted by molar-refractivity contribution is 5.98. The zero-order valence-corrected chi connectivity index (χ0v) is 16.5. The van der Waals surface area contributed by atoms with Crippen molar-refractivity contribution < 1.29 is 4.92 Å². The quantitative estimate of drug-likeness (QED) is 0.372. The van der Waals surface area contributed by atoms with E-state index in [-0.39, 0.29) is 10.6 Å². The average molecular weight is 388 g/mol. The fourth-order valence-corrected chi connectivity index (χ4v) is 3.76. The second kappa shape index (κ2) is 8.41. The summed E-state index contributed by atoms with van der Waals surface area (Å²) in [6.45, 7) is 6.55. The monoisotopic (exact) mass is 388 g/mol. The molecule has 0 radical (unpaired) electrons. The highest BCUT2D eigenvalue weighted by Crippen LogP contribution is 2.21. The molecule has 6 heteroatoms. The number of non-ortho nitro benzene ring substituents is 1. The molecule has 4 rings (SSSR count). The molecule has 0 unspecified atom stereocenters. The molecule has 1 saturated heterocycles. The first kappa shape index (κ1) is 19.1. The maximum absolute atomic E-state index is 10.8. The van der Waals surface area contributed by atoms with Crippen LogP contribution in [0, 0.1) is 10.1 Å². The second-order valence-corrected chi connectivity index (χ2v) is 7.36.